The standard InChI is InChI=1S/C13H12O2.C12H10O2.2C9H10O2.C2H6/c1-9(14)10-3-4-12-8-13(15-2)6-5-11(12)7-10;1-14-12-7-3-5-10-9(8-13)4-2-6-11(10)12;1-7(10)8-3-5-9(11-2)6-4-8;1-7(10)8-4-3-5-9(6-8)11-2;1-2/h3-8H,1-2H3;2-8H,1H3;2*3-6H,1-2H3;1-2H3. The lowest BCUT2D eigenvalue weighted by Crippen LogP contribution is -1.92. The van der Waals surface area contributed by atoms with Gasteiger partial charge in [0.2, 0.25) is 0 Å². The Morgan fingerprint density at radius 1 is 0.453 bits per heavy atom. The molecule has 0 unspecified atom stereocenters. The van der Waals surface area contributed by atoms with E-state index in [0.29, 0.717) is 16.7 Å². The van der Waals surface area contributed by atoms with E-state index in [9.17, 15) is 19.2 Å². The van der Waals surface area contributed by atoms with Gasteiger partial charge in [-0.15, -0.1) is 0 Å². The molecule has 6 aromatic carbocycles. The first-order chi connectivity index (χ1) is 25.5. The van der Waals surface area contributed by atoms with Crippen molar-refractivity contribution in [1.29, 1.82) is 0 Å². The number of fused-ring (bicyclic) bond motifs is 2. The minimum Gasteiger partial charge on any atom is -0.497 e. The monoisotopic (exact) mass is 716 g/mol. The predicted octanol–water partition coefficient (Wildman–Crippen LogP) is 10.5. The highest BCUT2D eigenvalue weighted by atomic mass is 16.5. The summed E-state index contributed by atoms with van der Waals surface area (Å²) >= 11 is 0. The van der Waals surface area contributed by atoms with Crippen LogP contribution >= 0.6 is 0 Å². The highest BCUT2D eigenvalue weighted by Crippen LogP contribution is 2.27. The Labute approximate surface area is 312 Å². The molecule has 6 aromatic rings. The number of benzene rings is 6. The van der Waals surface area contributed by atoms with Crippen molar-refractivity contribution in [2.45, 2.75) is 34.6 Å². The summed E-state index contributed by atoms with van der Waals surface area (Å²) in [5.41, 5.74) is 2.84. The first-order valence-corrected chi connectivity index (χ1v) is 16.9. The second kappa shape index (κ2) is 22.5. The third-order valence-corrected chi connectivity index (χ3v) is 7.69. The average molecular weight is 717 g/mol. The van der Waals surface area contributed by atoms with Gasteiger partial charge in [-0.05, 0) is 97.6 Å². The van der Waals surface area contributed by atoms with Crippen molar-refractivity contribution in [2.75, 3.05) is 28.4 Å². The fourth-order valence-electron chi connectivity index (χ4n) is 4.82. The number of carbonyl (C=O) groups is 4. The molecule has 0 saturated heterocycles. The lowest BCUT2D eigenvalue weighted by Gasteiger charge is -2.05. The first-order valence-electron chi connectivity index (χ1n) is 16.9. The summed E-state index contributed by atoms with van der Waals surface area (Å²) in [5.74, 6) is 3.35. The van der Waals surface area contributed by atoms with E-state index in [2.05, 4.69) is 0 Å². The van der Waals surface area contributed by atoms with Gasteiger partial charge in [0.25, 0.3) is 0 Å². The summed E-state index contributed by atoms with van der Waals surface area (Å²) in [6, 6.07) is 36.9. The quantitative estimate of drug-likeness (QED) is 0.113. The molecule has 0 aliphatic carbocycles. The Bertz CT molecular complexity index is 2100. The van der Waals surface area contributed by atoms with Gasteiger partial charge in [-0.3, -0.25) is 19.2 Å². The molecule has 0 spiro atoms. The molecule has 0 N–H and O–H groups in total. The maximum atomic E-state index is 11.2. The van der Waals surface area contributed by atoms with Gasteiger partial charge in [0.1, 0.15) is 23.0 Å². The van der Waals surface area contributed by atoms with E-state index in [1.54, 1.807) is 90.8 Å². The summed E-state index contributed by atoms with van der Waals surface area (Å²) in [4.78, 5) is 43.6. The van der Waals surface area contributed by atoms with Gasteiger partial charge in [-0.1, -0.05) is 74.5 Å². The van der Waals surface area contributed by atoms with Crippen molar-refractivity contribution < 1.29 is 38.1 Å². The van der Waals surface area contributed by atoms with E-state index in [1.807, 2.05) is 86.6 Å². The second-order valence-corrected chi connectivity index (χ2v) is 11.1. The Balaban J connectivity index is 0.000000243. The minimum absolute atomic E-state index is 0.0592. The number of methoxy groups -OCH3 is 4. The maximum Gasteiger partial charge on any atom is 0.159 e. The van der Waals surface area contributed by atoms with Crippen LogP contribution in [0.5, 0.6) is 23.0 Å². The number of rotatable bonds is 8. The van der Waals surface area contributed by atoms with Crippen LogP contribution < -0.4 is 18.9 Å². The molecule has 0 aliphatic heterocycles. The molecule has 8 nitrogen and oxygen atoms in total. The average Bonchev–Trinajstić information content (AvgIpc) is 3.21. The van der Waals surface area contributed by atoms with Crippen LogP contribution in [0.25, 0.3) is 21.5 Å². The zero-order chi connectivity index (χ0) is 39.3. The Kier molecular flexibility index (Phi) is 18.2. The number of hydrogen-bond donors (Lipinski definition) is 0. The van der Waals surface area contributed by atoms with Crippen molar-refractivity contribution in [3.8, 4) is 23.0 Å². The summed E-state index contributed by atoms with van der Waals surface area (Å²) < 4.78 is 20.2. The normalized spacial score (nSPS) is 9.53. The Morgan fingerprint density at radius 2 is 0.925 bits per heavy atom. The van der Waals surface area contributed by atoms with E-state index < -0.39 is 0 Å². The number of carbonyl (C=O) groups excluding carboxylic acids is 4. The number of ketones is 3. The molecule has 0 aromatic heterocycles. The molecule has 8 heteroatoms. The van der Waals surface area contributed by atoms with Crippen molar-refractivity contribution in [3.05, 3.63) is 144 Å². The maximum absolute atomic E-state index is 11.2. The topological polar surface area (TPSA) is 105 Å². The van der Waals surface area contributed by atoms with Crippen LogP contribution in [-0.2, 0) is 0 Å². The Hall–Kier alpha value is -6.28. The number of aldehydes is 1. The number of Topliss-reactive ketones (excluding diaryl/α,β-unsaturated/α-hetero) is 3. The molecule has 0 radical (unpaired) electrons. The van der Waals surface area contributed by atoms with Crippen molar-refractivity contribution in [3.63, 3.8) is 0 Å². The van der Waals surface area contributed by atoms with Gasteiger partial charge < -0.3 is 18.9 Å². The third kappa shape index (κ3) is 13.1. The Morgan fingerprint density at radius 3 is 1.49 bits per heavy atom. The van der Waals surface area contributed by atoms with Gasteiger partial charge in [-0.25, -0.2) is 0 Å². The van der Waals surface area contributed by atoms with Crippen LogP contribution in [0.4, 0.5) is 0 Å². The summed E-state index contributed by atoms with van der Waals surface area (Å²) in [7, 11) is 6.45. The van der Waals surface area contributed by atoms with Gasteiger partial charge in [-0.2, -0.15) is 0 Å². The molecule has 0 heterocycles. The highest BCUT2D eigenvalue weighted by molar-refractivity contribution is 6.01. The molecule has 0 aliphatic rings. The van der Waals surface area contributed by atoms with Crippen molar-refractivity contribution in [1.82, 2.24) is 0 Å². The molecule has 0 bridgehead atoms. The van der Waals surface area contributed by atoms with Gasteiger partial charge in [0, 0.05) is 27.6 Å². The van der Waals surface area contributed by atoms with Crippen LogP contribution in [-0.4, -0.2) is 52.1 Å². The zero-order valence-corrected chi connectivity index (χ0v) is 31.9. The van der Waals surface area contributed by atoms with Gasteiger partial charge in [0.15, 0.2) is 23.6 Å². The van der Waals surface area contributed by atoms with Gasteiger partial charge in [0.05, 0.1) is 28.4 Å². The largest absolute Gasteiger partial charge is 0.497 e. The van der Waals surface area contributed by atoms with Crippen molar-refractivity contribution in [2.24, 2.45) is 0 Å². The second-order valence-electron chi connectivity index (χ2n) is 11.1. The molecule has 276 valence electrons. The minimum atomic E-state index is 0.0592. The SMILES string of the molecule is CC.COc1ccc(C(C)=O)cc1.COc1ccc2cc(C(C)=O)ccc2c1.COc1cccc(C(C)=O)c1.COc1cccc2c(C=O)cccc12. The van der Waals surface area contributed by atoms with E-state index in [-0.39, 0.29) is 17.3 Å². The van der Waals surface area contributed by atoms with E-state index >= 15 is 0 Å². The zero-order valence-electron chi connectivity index (χ0n) is 31.9. The number of hydrogen-bond acceptors (Lipinski definition) is 8. The lowest BCUT2D eigenvalue weighted by molar-refractivity contribution is 0.100. The molecule has 53 heavy (non-hydrogen) atoms. The van der Waals surface area contributed by atoms with Crippen LogP contribution in [0.15, 0.2) is 121 Å². The highest BCUT2D eigenvalue weighted by Gasteiger charge is 2.04. The van der Waals surface area contributed by atoms with Crippen LogP contribution in [0.1, 0.15) is 76.1 Å². The smallest absolute Gasteiger partial charge is 0.159 e. The molecule has 0 fully saturated rings. The van der Waals surface area contributed by atoms with Crippen LogP contribution in [0.2, 0.25) is 0 Å². The molecule has 6 rings (SSSR count). The van der Waals surface area contributed by atoms with Crippen molar-refractivity contribution >= 4 is 45.2 Å². The molecular formula is C45H48O8. The molecule has 0 saturated carbocycles. The van der Waals surface area contributed by atoms with Crippen LogP contribution in [0, 0.1) is 0 Å². The lowest BCUT2D eigenvalue weighted by atomic mass is 10.0. The summed E-state index contributed by atoms with van der Waals surface area (Å²) in [6.07, 6.45) is 0.863. The van der Waals surface area contributed by atoms with E-state index in [0.717, 1.165) is 56.4 Å². The fourth-order valence-corrected chi connectivity index (χ4v) is 4.82. The van der Waals surface area contributed by atoms with Gasteiger partial charge >= 0.3 is 0 Å². The number of ether oxygens (including phenoxy) is 4. The van der Waals surface area contributed by atoms with E-state index in [4.69, 9.17) is 18.9 Å². The predicted molar refractivity (Wildman–Crippen MR) is 214 cm³/mol. The third-order valence-electron chi connectivity index (χ3n) is 7.69. The molecule has 0 atom stereocenters. The summed E-state index contributed by atoms with van der Waals surface area (Å²) in [6.45, 7) is 8.65. The van der Waals surface area contributed by atoms with Crippen LogP contribution in [0.3, 0.4) is 0 Å². The fraction of sp³-hybridized carbons (Fsp3) is 0.200. The van der Waals surface area contributed by atoms with E-state index in [1.165, 1.54) is 6.92 Å². The summed E-state index contributed by atoms with van der Waals surface area (Å²) in [5, 5.41) is 4.05. The molecular weight excluding hydrogens is 668 g/mol. The first kappa shape index (κ1) is 42.9. The molecule has 0 amide bonds.